The maximum absolute atomic E-state index is 12.1. The number of aliphatic hydroxyl groups is 1. The van der Waals surface area contributed by atoms with Gasteiger partial charge in [-0.2, -0.15) is 0 Å². The number of halogens is 1. The Morgan fingerprint density at radius 2 is 1.96 bits per heavy atom. The number of pyridine rings is 1. The molecule has 0 spiro atoms. The number of benzene rings is 1. The fraction of sp³-hybridized carbons (Fsp3) is 0.250. The Balaban J connectivity index is 0.00000280. The highest BCUT2D eigenvalue weighted by atomic mass is 35.5. The molecule has 0 bridgehead atoms. The lowest BCUT2D eigenvalue weighted by Crippen LogP contribution is -2.44. The number of hydrogen-bond donors (Lipinski definition) is 4. The molecular weight excluding hydrogens is 378 g/mol. The van der Waals surface area contributed by atoms with E-state index in [4.69, 9.17) is 0 Å². The minimum atomic E-state index is -0.646. The van der Waals surface area contributed by atoms with E-state index in [-0.39, 0.29) is 31.5 Å². The third-order valence-corrected chi connectivity index (χ3v) is 4.28. The van der Waals surface area contributed by atoms with Gasteiger partial charge >= 0.3 is 0 Å². The van der Waals surface area contributed by atoms with Gasteiger partial charge in [-0.15, -0.1) is 12.4 Å². The van der Waals surface area contributed by atoms with Gasteiger partial charge in [-0.1, -0.05) is 35.9 Å². The Labute approximate surface area is 170 Å². The molecule has 1 aromatic carbocycles. The van der Waals surface area contributed by atoms with E-state index in [1.165, 1.54) is 5.56 Å². The van der Waals surface area contributed by atoms with Gasteiger partial charge in [0.15, 0.2) is 0 Å². The quantitative estimate of drug-likeness (QED) is 0.485. The number of aliphatic hydroxyl groups excluding tert-OH is 1. The zero-order valence-electron chi connectivity index (χ0n) is 15.8. The van der Waals surface area contributed by atoms with Crippen molar-refractivity contribution in [2.75, 3.05) is 13.7 Å². The van der Waals surface area contributed by atoms with Crippen molar-refractivity contribution < 1.29 is 9.90 Å². The second-order valence-electron chi connectivity index (χ2n) is 6.23. The molecule has 7 nitrogen and oxygen atoms in total. The molecule has 3 rings (SSSR count). The number of aromatic nitrogens is 3. The highest BCUT2D eigenvalue weighted by Crippen LogP contribution is 2.29. The van der Waals surface area contributed by atoms with Crippen LogP contribution >= 0.6 is 12.4 Å². The molecule has 0 saturated heterocycles. The van der Waals surface area contributed by atoms with Crippen LogP contribution in [-0.2, 0) is 11.3 Å². The van der Waals surface area contributed by atoms with Gasteiger partial charge in [-0.3, -0.25) is 9.78 Å². The number of carbonyl (C=O) groups is 1. The first kappa shape index (κ1) is 21.6. The molecule has 0 aliphatic rings. The molecule has 0 aliphatic heterocycles. The number of likely N-dealkylation sites (N-methyl/N-ethyl adjacent to an activating group) is 1. The third kappa shape index (κ3) is 4.95. The van der Waals surface area contributed by atoms with E-state index in [1.807, 2.05) is 49.4 Å². The largest absolute Gasteiger partial charge is 0.394 e. The van der Waals surface area contributed by atoms with E-state index in [0.29, 0.717) is 5.82 Å². The summed E-state index contributed by atoms with van der Waals surface area (Å²) in [5.41, 5.74) is 4.50. The van der Waals surface area contributed by atoms with Crippen molar-refractivity contribution in [3.8, 4) is 22.6 Å². The van der Waals surface area contributed by atoms with Crippen LogP contribution in [0.5, 0.6) is 0 Å². The van der Waals surface area contributed by atoms with Crippen LogP contribution in [0.25, 0.3) is 22.6 Å². The summed E-state index contributed by atoms with van der Waals surface area (Å²) in [5, 5.41) is 14.7. The van der Waals surface area contributed by atoms with Crippen LogP contribution in [0.3, 0.4) is 0 Å². The first-order valence-electron chi connectivity index (χ1n) is 8.75. The topological polar surface area (TPSA) is 103 Å². The van der Waals surface area contributed by atoms with E-state index < -0.39 is 6.04 Å². The van der Waals surface area contributed by atoms with E-state index in [2.05, 4.69) is 25.6 Å². The predicted molar refractivity (Wildman–Crippen MR) is 111 cm³/mol. The smallest absolute Gasteiger partial charge is 0.239 e. The maximum atomic E-state index is 12.1. The summed E-state index contributed by atoms with van der Waals surface area (Å²) in [5.74, 6) is 0.333. The van der Waals surface area contributed by atoms with Crippen molar-refractivity contribution in [3.05, 3.63) is 60.0 Å². The molecule has 2 heterocycles. The molecule has 4 N–H and O–H groups in total. The predicted octanol–water partition coefficient (Wildman–Crippen LogP) is 2.07. The van der Waals surface area contributed by atoms with E-state index >= 15 is 0 Å². The van der Waals surface area contributed by atoms with E-state index in [9.17, 15) is 9.90 Å². The number of H-pyrrole nitrogens is 1. The lowest BCUT2D eigenvalue weighted by atomic mass is 10.1. The Morgan fingerprint density at radius 1 is 1.21 bits per heavy atom. The van der Waals surface area contributed by atoms with Crippen LogP contribution in [0, 0.1) is 6.92 Å². The van der Waals surface area contributed by atoms with Crippen molar-refractivity contribution in [1.82, 2.24) is 25.6 Å². The molecule has 28 heavy (non-hydrogen) atoms. The van der Waals surface area contributed by atoms with Gasteiger partial charge in [-0.05, 0) is 26.1 Å². The van der Waals surface area contributed by atoms with Crippen molar-refractivity contribution in [1.29, 1.82) is 0 Å². The fourth-order valence-corrected chi connectivity index (χ4v) is 2.72. The summed E-state index contributed by atoms with van der Waals surface area (Å²) in [7, 11) is 1.63. The summed E-state index contributed by atoms with van der Waals surface area (Å²) in [6.45, 7) is 1.99. The van der Waals surface area contributed by atoms with Crippen molar-refractivity contribution in [3.63, 3.8) is 0 Å². The van der Waals surface area contributed by atoms with Crippen molar-refractivity contribution in [2.45, 2.75) is 19.5 Å². The van der Waals surface area contributed by atoms with Crippen LogP contribution in [0.2, 0.25) is 0 Å². The molecule has 3 aromatic rings. The number of carbonyl (C=O) groups excluding carboxylic acids is 1. The maximum Gasteiger partial charge on any atom is 0.239 e. The number of hydrogen-bond acceptors (Lipinski definition) is 5. The van der Waals surface area contributed by atoms with Crippen molar-refractivity contribution in [2.24, 2.45) is 0 Å². The Kier molecular flexibility index (Phi) is 7.69. The summed E-state index contributed by atoms with van der Waals surface area (Å²) in [6, 6.07) is 13.1. The first-order chi connectivity index (χ1) is 13.1. The summed E-state index contributed by atoms with van der Waals surface area (Å²) >= 11 is 0. The number of aryl methyl sites for hydroxylation is 1. The average Bonchev–Trinajstić information content (AvgIpc) is 3.13. The van der Waals surface area contributed by atoms with Gasteiger partial charge < -0.3 is 20.7 Å². The monoisotopic (exact) mass is 401 g/mol. The molecule has 0 unspecified atom stereocenters. The lowest BCUT2D eigenvalue weighted by Gasteiger charge is -2.12. The van der Waals surface area contributed by atoms with Gasteiger partial charge in [0.1, 0.15) is 11.9 Å². The van der Waals surface area contributed by atoms with Crippen molar-refractivity contribution >= 4 is 18.3 Å². The Morgan fingerprint density at radius 3 is 2.57 bits per heavy atom. The molecule has 2 aromatic heterocycles. The minimum absolute atomic E-state index is 0. The number of amides is 1. The second kappa shape index (κ2) is 9.98. The lowest BCUT2D eigenvalue weighted by molar-refractivity contribution is -0.124. The van der Waals surface area contributed by atoms with Gasteiger partial charge in [0.05, 0.1) is 30.2 Å². The standard InChI is InChI=1S/C20H23N5O2.ClH/c1-13-6-8-14(9-7-13)18-19(15-5-3-4-10-22-15)25-17(24-18)11-23-20(27)16(12-26)21-2;/h3-10,16,21,26H,11-12H2,1-2H3,(H,23,27)(H,24,25);1H/t16-;/m0./s1. The summed E-state index contributed by atoms with van der Waals surface area (Å²) in [6.07, 6.45) is 1.73. The van der Waals surface area contributed by atoms with Crippen LogP contribution in [0.15, 0.2) is 48.7 Å². The van der Waals surface area contributed by atoms with E-state index in [1.54, 1.807) is 13.2 Å². The highest BCUT2D eigenvalue weighted by molar-refractivity contribution is 5.85. The molecule has 8 heteroatoms. The molecule has 1 atom stereocenters. The van der Waals surface area contributed by atoms with Crippen LogP contribution in [-0.4, -0.2) is 45.7 Å². The van der Waals surface area contributed by atoms with Gasteiger partial charge in [0.25, 0.3) is 0 Å². The van der Waals surface area contributed by atoms with Gasteiger partial charge in [0, 0.05) is 11.8 Å². The van der Waals surface area contributed by atoms with Gasteiger partial charge in [0.2, 0.25) is 5.91 Å². The number of imidazole rings is 1. The first-order valence-corrected chi connectivity index (χ1v) is 8.75. The number of nitrogens with zero attached hydrogens (tertiary/aromatic N) is 2. The number of nitrogens with one attached hydrogen (secondary N) is 3. The van der Waals surface area contributed by atoms with Gasteiger partial charge in [-0.25, -0.2) is 4.98 Å². The molecule has 0 saturated carbocycles. The van der Waals surface area contributed by atoms with Crippen LogP contribution in [0.1, 0.15) is 11.4 Å². The molecule has 0 aliphatic carbocycles. The summed E-state index contributed by atoms with van der Waals surface area (Å²) < 4.78 is 0. The molecule has 0 radical (unpaired) electrons. The summed E-state index contributed by atoms with van der Waals surface area (Å²) in [4.78, 5) is 24.4. The zero-order chi connectivity index (χ0) is 19.2. The van der Waals surface area contributed by atoms with E-state index in [0.717, 1.165) is 22.6 Å². The SMILES string of the molecule is CN[C@@H](CO)C(=O)NCc1nc(-c2ccc(C)cc2)c(-c2ccccn2)[nH]1.Cl. The molecule has 0 fully saturated rings. The zero-order valence-corrected chi connectivity index (χ0v) is 16.6. The number of aromatic amines is 1. The molecule has 1 amide bonds. The fourth-order valence-electron chi connectivity index (χ4n) is 2.72. The normalized spacial score (nSPS) is 11.5. The molecular formula is C20H24ClN5O2. The minimum Gasteiger partial charge on any atom is -0.394 e. The Hall–Kier alpha value is -2.74. The Bertz CT molecular complexity index is 893. The second-order valence-corrected chi connectivity index (χ2v) is 6.23. The number of rotatable bonds is 7. The molecule has 148 valence electrons. The average molecular weight is 402 g/mol. The highest BCUT2D eigenvalue weighted by Gasteiger charge is 2.18. The van der Waals surface area contributed by atoms with Crippen LogP contribution in [0.4, 0.5) is 0 Å². The third-order valence-electron chi connectivity index (χ3n) is 4.28. The van der Waals surface area contributed by atoms with Crippen LogP contribution < -0.4 is 10.6 Å².